The lowest BCUT2D eigenvalue weighted by atomic mass is 10.2. The molecule has 0 unspecified atom stereocenters. The summed E-state index contributed by atoms with van der Waals surface area (Å²) >= 11 is 0. The highest BCUT2D eigenvalue weighted by Gasteiger charge is 2.35. The molecule has 0 bridgehead atoms. The first-order valence-electron chi connectivity index (χ1n) is 9.19. The van der Waals surface area contributed by atoms with Gasteiger partial charge in [-0.25, -0.2) is 16.8 Å². The van der Waals surface area contributed by atoms with Gasteiger partial charge in [0.15, 0.2) is 0 Å². The van der Waals surface area contributed by atoms with Gasteiger partial charge in [0.1, 0.15) is 4.90 Å². The van der Waals surface area contributed by atoms with E-state index in [1.165, 1.54) is 14.8 Å². The maximum absolute atomic E-state index is 13.0. The molecule has 2 heterocycles. The zero-order valence-corrected chi connectivity index (χ0v) is 18.2. The Morgan fingerprint density at radius 2 is 1.43 bits per heavy atom. The monoisotopic (exact) mass is 426 g/mol. The first-order chi connectivity index (χ1) is 13.1. The van der Waals surface area contributed by atoms with Gasteiger partial charge in [-0.05, 0) is 44.9 Å². The van der Waals surface area contributed by atoms with Gasteiger partial charge in [0.25, 0.3) is 0 Å². The molecule has 1 aliphatic heterocycles. The average molecular weight is 427 g/mol. The van der Waals surface area contributed by atoms with E-state index in [0.29, 0.717) is 17.8 Å². The van der Waals surface area contributed by atoms with E-state index in [0.717, 1.165) is 5.56 Å². The summed E-state index contributed by atoms with van der Waals surface area (Å²) < 4.78 is 56.3. The first kappa shape index (κ1) is 21.0. The summed E-state index contributed by atoms with van der Waals surface area (Å²) in [6, 6.07) is 5.32. The number of hydrogen-bond donors (Lipinski definition) is 0. The zero-order valence-electron chi connectivity index (χ0n) is 16.6. The quantitative estimate of drug-likeness (QED) is 0.723. The normalized spacial score (nSPS) is 17.1. The van der Waals surface area contributed by atoms with Crippen LogP contribution in [-0.2, 0) is 26.6 Å². The van der Waals surface area contributed by atoms with Crippen LogP contribution in [-0.4, -0.2) is 61.4 Å². The number of aromatic nitrogens is 2. The number of sulfonamides is 2. The van der Waals surface area contributed by atoms with Crippen molar-refractivity contribution in [2.45, 2.75) is 44.0 Å². The van der Waals surface area contributed by atoms with Crippen LogP contribution in [0.15, 0.2) is 34.2 Å². The molecule has 1 saturated heterocycles. The molecule has 8 nitrogen and oxygen atoms in total. The van der Waals surface area contributed by atoms with E-state index in [9.17, 15) is 16.8 Å². The fourth-order valence-electron chi connectivity index (χ4n) is 3.33. The molecule has 1 aliphatic rings. The van der Waals surface area contributed by atoms with Crippen molar-refractivity contribution < 1.29 is 16.8 Å². The topological polar surface area (TPSA) is 92.6 Å². The molecular formula is C18H26N4O4S2. The Hall–Kier alpha value is -1.75. The molecule has 0 spiro atoms. The Balaban J connectivity index is 1.80. The van der Waals surface area contributed by atoms with Gasteiger partial charge in [-0.2, -0.15) is 13.7 Å². The molecule has 0 aliphatic carbocycles. The lowest BCUT2D eigenvalue weighted by Crippen LogP contribution is -2.50. The molecule has 1 aromatic heterocycles. The van der Waals surface area contributed by atoms with Crippen molar-refractivity contribution in [1.82, 2.24) is 18.4 Å². The smallest absolute Gasteiger partial charge is 0.246 e. The van der Waals surface area contributed by atoms with Crippen LogP contribution in [0.3, 0.4) is 0 Å². The van der Waals surface area contributed by atoms with Crippen molar-refractivity contribution in [2.75, 3.05) is 26.2 Å². The van der Waals surface area contributed by atoms with E-state index in [-0.39, 0.29) is 36.0 Å². The maximum atomic E-state index is 13.0. The molecule has 0 amide bonds. The van der Waals surface area contributed by atoms with Gasteiger partial charge in [0.05, 0.1) is 10.6 Å². The molecule has 1 aromatic carbocycles. The molecule has 0 atom stereocenters. The molecule has 28 heavy (non-hydrogen) atoms. The van der Waals surface area contributed by atoms with Crippen LogP contribution in [0.1, 0.15) is 23.7 Å². The van der Waals surface area contributed by atoms with Crippen molar-refractivity contribution >= 4 is 20.0 Å². The Kier molecular flexibility index (Phi) is 5.68. The molecule has 0 saturated carbocycles. The highest BCUT2D eigenvalue weighted by atomic mass is 32.2. The molecule has 154 valence electrons. The Morgan fingerprint density at radius 3 is 1.93 bits per heavy atom. The van der Waals surface area contributed by atoms with Gasteiger partial charge in [0.2, 0.25) is 20.0 Å². The molecule has 0 N–H and O–H groups in total. The second kappa shape index (κ2) is 7.58. The van der Waals surface area contributed by atoms with Crippen LogP contribution >= 0.6 is 0 Å². The molecule has 0 radical (unpaired) electrons. The maximum Gasteiger partial charge on any atom is 0.246 e. The summed E-state index contributed by atoms with van der Waals surface area (Å²) in [5, 5.41) is 4.21. The minimum atomic E-state index is -3.70. The van der Waals surface area contributed by atoms with Gasteiger partial charge in [-0.1, -0.05) is 12.1 Å². The van der Waals surface area contributed by atoms with Crippen LogP contribution in [0.2, 0.25) is 0 Å². The number of aryl methyl sites for hydroxylation is 4. The molecule has 10 heteroatoms. The van der Waals surface area contributed by atoms with E-state index in [1.807, 2.05) is 19.9 Å². The number of rotatable bonds is 5. The van der Waals surface area contributed by atoms with E-state index >= 15 is 0 Å². The number of nitrogens with zero attached hydrogens (tertiary/aromatic N) is 4. The van der Waals surface area contributed by atoms with E-state index in [4.69, 9.17) is 0 Å². The van der Waals surface area contributed by atoms with Crippen LogP contribution in [0.5, 0.6) is 0 Å². The van der Waals surface area contributed by atoms with Crippen molar-refractivity contribution in [1.29, 1.82) is 0 Å². The first-order valence-corrected chi connectivity index (χ1v) is 12.1. The molecular weight excluding hydrogens is 400 g/mol. The molecule has 1 fully saturated rings. The number of hydrogen-bond acceptors (Lipinski definition) is 5. The fourth-order valence-corrected chi connectivity index (χ4v) is 6.65. The van der Waals surface area contributed by atoms with E-state index in [2.05, 4.69) is 5.10 Å². The SMILES string of the molecule is CCn1cc(S(=O)(=O)N2CCN(S(=O)(=O)c3cc(C)ccc3C)CC2)c(C)n1. The Labute approximate surface area is 166 Å². The molecule has 2 aromatic rings. The Bertz CT molecular complexity index is 1080. The van der Waals surface area contributed by atoms with E-state index in [1.54, 1.807) is 30.7 Å². The summed E-state index contributed by atoms with van der Waals surface area (Å²) in [5.41, 5.74) is 2.00. The molecule has 3 rings (SSSR count). The number of piperazine rings is 1. The van der Waals surface area contributed by atoms with Gasteiger partial charge < -0.3 is 0 Å². The minimum absolute atomic E-state index is 0.114. The van der Waals surface area contributed by atoms with Gasteiger partial charge in [-0.15, -0.1) is 0 Å². The van der Waals surface area contributed by atoms with Gasteiger partial charge >= 0.3 is 0 Å². The standard InChI is InChI=1S/C18H26N4O4S2/c1-5-20-13-18(16(4)19-20)28(25,26)22-10-8-21(9-11-22)27(23,24)17-12-14(2)6-7-15(17)3/h6-7,12-13H,5,8-11H2,1-4H3. The average Bonchev–Trinajstić information content (AvgIpc) is 3.05. The summed E-state index contributed by atoms with van der Waals surface area (Å²) in [5.74, 6) is 0. The lowest BCUT2D eigenvalue weighted by molar-refractivity contribution is 0.272. The number of benzene rings is 1. The zero-order chi connectivity index (χ0) is 20.7. The van der Waals surface area contributed by atoms with Crippen LogP contribution < -0.4 is 0 Å². The summed E-state index contributed by atoms with van der Waals surface area (Å²) in [6.07, 6.45) is 1.53. The van der Waals surface area contributed by atoms with Crippen LogP contribution in [0.4, 0.5) is 0 Å². The van der Waals surface area contributed by atoms with E-state index < -0.39 is 20.0 Å². The summed E-state index contributed by atoms with van der Waals surface area (Å²) in [4.78, 5) is 0.462. The summed E-state index contributed by atoms with van der Waals surface area (Å²) in [6.45, 7) is 8.22. The van der Waals surface area contributed by atoms with Crippen molar-refractivity contribution in [2.24, 2.45) is 0 Å². The minimum Gasteiger partial charge on any atom is -0.271 e. The van der Waals surface area contributed by atoms with Crippen molar-refractivity contribution in [3.8, 4) is 0 Å². The van der Waals surface area contributed by atoms with Crippen LogP contribution in [0, 0.1) is 20.8 Å². The second-order valence-corrected chi connectivity index (χ2v) is 10.8. The highest BCUT2D eigenvalue weighted by molar-refractivity contribution is 7.89. The third-order valence-corrected chi connectivity index (χ3v) is 9.04. The Morgan fingerprint density at radius 1 is 0.893 bits per heavy atom. The van der Waals surface area contributed by atoms with Gasteiger partial charge in [-0.3, -0.25) is 4.68 Å². The largest absolute Gasteiger partial charge is 0.271 e. The summed E-state index contributed by atoms with van der Waals surface area (Å²) in [7, 11) is -7.36. The lowest BCUT2D eigenvalue weighted by Gasteiger charge is -2.33. The second-order valence-electron chi connectivity index (χ2n) is 7.01. The predicted octanol–water partition coefficient (Wildman–Crippen LogP) is 1.52. The van der Waals surface area contributed by atoms with Crippen LogP contribution in [0.25, 0.3) is 0 Å². The third-order valence-electron chi connectivity index (χ3n) is 5.00. The van der Waals surface area contributed by atoms with Gasteiger partial charge in [0, 0.05) is 38.9 Å². The van der Waals surface area contributed by atoms with Crippen molar-refractivity contribution in [3.63, 3.8) is 0 Å². The van der Waals surface area contributed by atoms with Crippen molar-refractivity contribution in [3.05, 3.63) is 41.2 Å². The predicted molar refractivity (Wildman–Crippen MR) is 106 cm³/mol. The third kappa shape index (κ3) is 3.73. The highest BCUT2D eigenvalue weighted by Crippen LogP contribution is 2.25. The fraction of sp³-hybridized carbons (Fsp3) is 0.500.